The normalized spacial score (nSPS) is 9.71. The molecule has 2 aromatic rings. The van der Waals surface area contributed by atoms with Crippen molar-refractivity contribution in [2.24, 2.45) is 0 Å². The minimum atomic E-state index is -0.475. The molecule has 0 N–H and O–H groups in total. The van der Waals surface area contributed by atoms with Crippen molar-refractivity contribution in [2.45, 2.75) is 6.61 Å². The minimum absolute atomic E-state index is 0.0232. The van der Waals surface area contributed by atoms with Crippen LogP contribution in [0.3, 0.4) is 0 Å². The summed E-state index contributed by atoms with van der Waals surface area (Å²) in [6.07, 6.45) is 0. The first kappa shape index (κ1) is 14.3. The highest BCUT2D eigenvalue weighted by Crippen LogP contribution is 2.22. The van der Waals surface area contributed by atoms with E-state index in [1.54, 1.807) is 30.3 Å². The number of rotatable bonds is 5. The van der Waals surface area contributed by atoms with Gasteiger partial charge in [-0.25, -0.2) is 0 Å². The Morgan fingerprint density at radius 3 is 2.76 bits per heavy atom. The van der Waals surface area contributed by atoms with Crippen molar-refractivity contribution in [1.29, 1.82) is 5.26 Å². The van der Waals surface area contributed by atoms with E-state index in [2.05, 4.69) is 0 Å². The molecule has 0 saturated heterocycles. The topological polar surface area (TPSA) is 85.4 Å². The molecule has 0 heterocycles. The summed E-state index contributed by atoms with van der Waals surface area (Å²) >= 11 is 0. The Morgan fingerprint density at radius 1 is 1.29 bits per heavy atom. The summed E-state index contributed by atoms with van der Waals surface area (Å²) in [5, 5.41) is 19.6. The Kier molecular flexibility index (Phi) is 4.36. The molecule has 0 fully saturated rings. The van der Waals surface area contributed by atoms with Gasteiger partial charge in [0, 0.05) is 6.07 Å². The molecule has 106 valence electrons. The summed E-state index contributed by atoms with van der Waals surface area (Å²) in [5.41, 5.74) is 1.22. The fourth-order valence-electron chi connectivity index (χ4n) is 1.77. The van der Waals surface area contributed by atoms with E-state index in [0.29, 0.717) is 17.1 Å². The Hall–Kier alpha value is -3.07. The first-order valence-electron chi connectivity index (χ1n) is 6.08. The maximum atomic E-state index is 10.7. The van der Waals surface area contributed by atoms with Crippen LogP contribution in [0.4, 0.5) is 5.69 Å². The van der Waals surface area contributed by atoms with Crippen LogP contribution in [0.5, 0.6) is 11.5 Å². The van der Waals surface area contributed by atoms with Gasteiger partial charge in [0.1, 0.15) is 24.2 Å². The van der Waals surface area contributed by atoms with Gasteiger partial charge in [-0.2, -0.15) is 5.26 Å². The number of hydrogen-bond donors (Lipinski definition) is 0. The Balaban J connectivity index is 2.11. The SMILES string of the molecule is COc1cc(COc2cccc([N+](=O)[O-])c2)ccc1C#N. The molecule has 0 atom stereocenters. The summed E-state index contributed by atoms with van der Waals surface area (Å²) in [7, 11) is 1.49. The van der Waals surface area contributed by atoms with Gasteiger partial charge in [0.25, 0.3) is 5.69 Å². The van der Waals surface area contributed by atoms with Crippen LogP contribution in [0, 0.1) is 21.4 Å². The number of nitrogens with zero attached hydrogens (tertiary/aromatic N) is 2. The molecule has 0 aliphatic carbocycles. The third kappa shape index (κ3) is 3.48. The Labute approximate surface area is 121 Å². The molecule has 0 aliphatic heterocycles. The second-order valence-corrected chi connectivity index (χ2v) is 4.19. The van der Waals surface area contributed by atoms with Crippen molar-refractivity contribution in [3.05, 3.63) is 63.7 Å². The van der Waals surface area contributed by atoms with Crippen molar-refractivity contribution < 1.29 is 14.4 Å². The highest BCUT2D eigenvalue weighted by atomic mass is 16.6. The average molecular weight is 284 g/mol. The molecular formula is C15H12N2O4. The quantitative estimate of drug-likeness (QED) is 0.622. The van der Waals surface area contributed by atoms with Crippen LogP contribution in [0.1, 0.15) is 11.1 Å². The van der Waals surface area contributed by atoms with Gasteiger partial charge in [0.2, 0.25) is 0 Å². The van der Waals surface area contributed by atoms with E-state index >= 15 is 0 Å². The fraction of sp³-hybridized carbons (Fsp3) is 0.133. The molecule has 0 amide bonds. The van der Waals surface area contributed by atoms with Crippen LogP contribution in [0.15, 0.2) is 42.5 Å². The second-order valence-electron chi connectivity index (χ2n) is 4.19. The predicted molar refractivity (Wildman–Crippen MR) is 75.1 cm³/mol. The number of nitriles is 1. The minimum Gasteiger partial charge on any atom is -0.495 e. The molecule has 0 spiro atoms. The maximum Gasteiger partial charge on any atom is 0.273 e. The number of ether oxygens (including phenoxy) is 2. The monoisotopic (exact) mass is 284 g/mol. The first-order valence-corrected chi connectivity index (χ1v) is 6.08. The molecule has 6 heteroatoms. The fourth-order valence-corrected chi connectivity index (χ4v) is 1.77. The van der Waals surface area contributed by atoms with Gasteiger partial charge in [-0.05, 0) is 23.8 Å². The molecule has 2 aromatic carbocycles. The van der Waals surface area contributed by atoms with Gasteiger partial charge in [-0.1, -0.05) is 12.1 Å². The van der Waals surface area contributed by atoms with E-state index in [1.807, 2.05) is 6.07 Å². The summed E-state index contributed by atoms with van der Waals surface area (Å²) in [6.45, 7) is 0.225. The summed E-state index contributed by atoms with van der Waals surface area (Å²) in [4.78, 5) is 10.2. The number of non-ortho nitro benzene ring substituents is 1. The lowest BCUT2D eigenvalue weighted by Crippen LogP contribution is -1.98. The van der Waals surface area contributed by atoms with Gasteiger partial charge in [0.05, 0.1) is 23.7 Å². The zero-order valence-electron chi connectivity index (χ0n) is 11.3. The molecule has 6 nitrogen and oxygen atoms in total. The van der Waals surface area contributed by atoms with Crippen LogP contribution < -0.4 is 9.47 Å². The standard InChI is InChI=1S/C15H12N2O4/c1-20-15-7-11(5-6-12(15)9-16)10-21-14-4-2-3-13(8-14)17(18)19/h2-8H,10H2,1H3. The zero-order valence-corrected chi connectivity index (χ0v) is 11.3. The predicted octanol–water partition coefficient (Wildman–Crippen LogP) is 3.05. The Bertz CT molecular complexity index is 707. The molecule has 0 radical (unpaired) electrons. The number of benzene rings is 2. The number of methoxy groups -OCH3 is 1. The summed E-state index contributed by atoms with van der Waals surface area (Å²) < 4.78 is 10.6. The third-order valence-electron chi connectivity index (χ3n) is 2.82. The van der Waals surface area contributed by atoms with Crippen LogP contribution >= 0.6 is 0 Å². The van der Waals surface area contributed by atoms with E-state index < -0.39 is 4.92 Å². The molecule has 2 rings (SSSR count). The number of nitro groups is 1. The van der Waals surface area contributed by atoms with Crippen LogP contribution in [0.2, 0.25) is 0 Å². The van der Waals surface area contributed by atoms with E-state index in [0.717, 1.165) is 5.56 Å². The highest BCUT2D eigenvalue weighted by molar-refractivity contribution is 5.45. The lowest BCUT2D eigenvalue weighted by molar-refractivity contribution is -0.384. The summed E-state index contributed by atoms with van der Waals surface area (Å²) in [5.74, 6) is 0.880. The molecule has 0 saturated carbocycles. The van der Waals surface area contributed by atoms with Crippen molar-refractivity contribution in [3.8, 4) is 17.6 Å². The average Bonchev–Trinajstić information content (AvgIpc) is 2.52. The smallest absolute Gasteiger partial charge is 0.273 e. The maximum absolute atomic E-state index is 10.7. The molecule has 21 heavy (non-hydrogen) atoms. The van der Waals surface area contributed by atoms with Gasteiger partial charge in [-0.15, -0.1) is 0 Å². The van der Waals surface area contributed by atoms with Crippen molar-refractivity contribution in [1.82, 2.24) is 0 Å². The van der Waals surface area contributed by atoms with Crippen LogP contribution in [-0.2, 0) is 6.61 Å². The highest BCUT2D eigenvalue weighted by Gasteiger charge is 2.07. The Morgan fingerprint density at radius 2 is 2.10 bits per heavy atom. The van der Waals surface area contributed by atoms with Crippen molar-refractivity contribution in [2.75, 3.05) is 7.11 Å². The van der Waals surface area contributed by atoms with Crippen molar-refractivity contribution in [3.63, 3.8) is 0 Å². The number of hydrogen-bond acceptors (Lipinski definition) is 5. The molecule has 0 aliphatic rings. The van der Waals surface area contributed by atoms with Gasteiger partial charge < -0.3 is 9.47 Å². The van der Waals surface area contributed by atoms with Gasteiger partial charge >= 0.3 is 0 Å². The van der Waals surface area contributed by atoms with E-state index in [-0.39, 0.29) is 12.3 Å². The first-order chi connectivity index (χ1) is 10.1. The molecule has 0 unspecified atom stereocenters. The van der Waals surface area contributed by atoms with Gasteiger partial charge in [0.15, 0.2) is 0 Å². The second kappa shape index (κ2) is 6.39. The summed E-state index contributed by atoms with van der Waals surface area (Å²) in [6, 6.07) is 13.1. The number of nitro benzene ring substituents is 1. The van der Waals surface area contributed by atoms with E-state index in [1.165, 1.54) is 19.2 Å². The van der Waals surface area contributed by atoms with E-state index in [4.69, 9.17) is 14.7 Å². The molecule has 0 aromatic heterocycles. The molecule has 0 bridgehead atoms. The van der Waals surface area contributed by atoms with Crippen molar-refractivity contribution >= 4 is 5.69 Å². The largest absolute Gasteiger partial charge is 0.495 e. The van der Waals surface area contributed by atoms with Gasteiger partial charge in [-0.3, -0.25) is 10.1 Å². The van der Waals surface area contributed by atoms with Crippen LogP contribution in [-0.4, -0.2) is 12.0 Å². The zero-order chi connectivity index (χ0) is 15.2. The lowest BCUT2D eigenvalue weighted by atomic mass is 10.1. The third-order valence-corrected chi connectivity index (χ3v) is 2.82. The van der Waals surface area contributed by atoms with E-state index in [9.17, 15) is 10.1 Å². The lowest BCUT2D eigenvalue weighted by Gasteiger charge is -2.08. The molecular weight excluding hydrogens is 272 g/mol. The van der Waals surface area contributed by atoms with Crippen LogP contribution in [0.25, 0.3) is 0 Å².